The maximum atomic E-state index is 12.6. The molecule has 7 heteroatoms. The van der Waals surface area contributed by atoms with Crippen LogP contribution in [0.15, 0.2) is 52.7 Å². The van der Waals surface area contributed by atoms with Crippen LogP contribution in [0.4, 0.5) is 0 Å². The normalized spacial score (nSPS) is 16.0. The molecular weight excluding hydrogens is 368 g/mol. The molecule has 0 saturated carbocycles. The molecule has 1 amide bonds. The van der Waals surface area contributed by atoms with Crippen molar-refractivity contribution in [2.45, 2.75) is 30.0 Å². The van der Waals surface area contributed by atoms with Crippen LogP contribution in [0.3, 0.4) is 0 Å². The molecule has 0 unspecified atom stereocenters. The lowest BCUT2D eigenvalue weighted by Gasteiger charge is -2.25. The number of nitrogens with one attached hydrogen (secondary N) is 1. The maximum Gasteiger partial charge on any atom is 0.252 e. The van der Waals surface area contributed by atoms with Crippen molar-refractivity contribution in [1.82, 2.24) is 9.62 Å². The summed E-state index contributed by atoms with van der Waals surface area (Å²) in [5.74, 6) is -0.206. The highest BCUT2D eigenvalue weighted by Gasteiger charge is 2.27. The Morgan fingerprint density at radius 1 is 1.08 bits per heavy atom. The molecule has 1 N–H and O–H groups in total. The van der Waals surface area contributed by atoms with E-state index in [1.165, 1.54) is 17.4 Å². The Hall–Kier alpha value is -1.96. The van der Waals surface area contributed by atoms with Gasteiger partial charge < -0.3 is 5.32 Å². The predicted octanol–water partition coefficient (Wildman–Crippen LogP) is 3.25. The number of carbonyl (C=O) groups is 1. The number of benzene rings is 1. The van der Waals surface area contributed by atoms with E-state index in [2.05, 4.69) is 5.32 Å². The third-order valence-corrected chi connectivity index (χ3v) is 7.66. The zero-order valence-electron chi connectivity index (χ0n) is 14.4. The minimum absolute atomic E-state index is 0.206. The summed E-state index contributed by atoms with van der Waals surface area (Å²) >= 11 is 1.22. The van der Waals surface area contributed by atoms with E-state index in [-0.39, 0.29) is 5.91 Å². The van der Waals surface area contributed by atoms with Gasteiger partial charge in [0.05, 0.1) is 6.54 Å². The van der Waals surface area contributed by atoms with E-state index < -0.39 is 10.0 Å². The second-order valence-electron chi connectivity index (χ2n) is 6.15. The lowest BCUT2D eigenvalue weighted by Crippen LogP contribution is -2.35. The topological polar surface area (TPSA) is 66.5 Å². The number of carbonyl (C=O) groups excluding carboxylic acids is 1. The number of hydrogen-bond acceptors (Lipinski definition) is 4. The van der Waals surface area contributed by atoms with Crippen LogP contribution in [0.5, 0.6) is 0 Å². The number of amides is 1. The average molecular weight is 391 g/mol. The molecule has 1 aliphatic rings. The quantitative estimate of drug-likeness (QED) is 0.770. The highest BCUT2D eigenvalue weighted by Crippen LogP contribution is 2.27. The zero-order valence-corrected chi connectivity index (χ0v) is 16.1. The van der Waals surface area contributed by atoms with Gasteiger partial charge in [-0.15, -0.1) is 11.3 Å². The lowest BCUT2D eigenvalue weighted by atomic mass is 10.2. The number of thiophene rings is 1. The summed E-state index contributed by atoms with van der Waals surface area (Å²) in [5.41, 5.74) is 0.952. The van der Waals surface area contributed by atoms with Crippen LogP contribution in [0.25, 0.3) is 6.08 Å². The summed E-state index contributed by atoms with van der Waals surface area (Å²) in [5, 5.41) is 2.79. The maximum absolute atomic E-state index is 12.6. The molecule has 2 heterocycles. The molecule has 1 aromatic carbocycles. The van der Waals surface area contributed by atoms with Gasteiger partial charge in [-0.2, -0.15) is 4.31 Å². The Kier molecular flexibility index (Phi) is 6.24. The monoisotopic (exact) mass is 390 g/mol. The van der Waals surface area contributed by atoms with Gasteiger partial charge in [-0.25, -0.2) is 8.42 Å². The molecule has 0 spiro atoms. The molecule has 1 aromatic heterocycles. The van der Waals surface area contributed by atoms with Crippen molar-refractivity contribution in [3.63, 3.8) is 0 Å². The minimum atomic E-state index is -3.40. The summed E-state index contributed by atoms with van der Waals surface area (Å²) in [6.45, 7) is 1.51. The fourth-order valence-corrected chi connectivity index (χ4v) is 5.76. The van der Waals surface area contributed by atoms with Gasteiger partial charge in [0.15, 0.2) is 0 Å². The molecule has 1 saturated heterocycles. The Labute approximate surface area is 158 Å². The van der Waals surface area contributed by atoms with Gasteiger partial charge in [0, 0.05) is 24.0 Å². The number of rotatable bonds is 6. The lowest BCUT2D eigenvalue weighted by molar-refractivity contribution is -0.116. The van der Waals surface area contributed by atoms with E-state index in [1.54, 1.807) is 22.5 Å². The summed E-state index contributed by atoms with van der Waals surface area (Å²) in [4.78, 5) is 12.7. The first-order chi connectivity index (χ1) is 12.6. The first-order valence-corrected chi connectivity index (χ1v) is 10.9. The largest absolute Gasteiger partial charge is 0.348 e. The fraction of sp³-hybridized carbons (Fsp3) is 0.316. The van der Waals surface area contributed by atoms with Gasteiger partial charge in [-0.3, -0.25) is 4.79 Å². The predicted molar refractivity (Wildman–Crippen MR) is 104 cm³/mol. The molecule has 1 aliphatic heterocycles. The van der Waals surface area contributed by atoms with Crippen LogP contribution < -0.4 is 5.32 Å². The zero-order chi connectivity index (χ0) is 18.4. The van der Waals surface area contributed by atoms with Gasteiger partial charge >= 0.3 is 0 Å². The SMILES string of the molecule is O=C(C=Cc1ccccc1)NCc1ccc(S(=O)(=O)N2CCCCC2)s1. The summed E-state index contributed by atoms with van der Waals surface area (Å²) in [7, 11) is -3.40. The number of hydrogen-bond donors (Lipinski definition) is 1. The van der Waals surface area contributed by atoms with E-state index in [9.17, 15) is 13.2 Å². The molecule has 5 nitrogen and oxygen atoms in total. The summed E-state index contributed by atoms with van der Waals surface area (Å²) in [6, 6.07) is 13.0. The Morgan fingerprint density at radius 3 is 2.54 bits per heavy atom. The van der Waals surface area contributed by atoms with E-state index in [4.69, 9.17) is 0 Å². The molecule has 1 fully saturated rings. The van der Waals surface area contributed by atoms with Crippen LogP contribution in [0, 0.1) is 0 Å². The third-order valence-electron chi connectivity index (χ3n) is 4.21. The Morgan fingerprint density at radius 2 is 1.81 bits per heavy atom. The fourth-order valence-electron chi connectivity index (χ4n) is 2.79. The van der Waals surface area contributed by atoms with Crippen LogP contribution in [-0.4, -0.2) is 31.7 Å². The van der Waals surface area contributed by atoms with Crippen LogP contribution in [-0.2, 0) is 21.4 Å². The van der Waals surface area contributed by atoms with Crippen molar-refractivity contribution in [3.8, 4) is 0 Å². The van der Waals surface area contributed by atoms with Crippen molar-refractivity contribution >= 4 is 33.3 Å². The van der Waals surface area contributed by atoms with Crippen molar-refractivity contribution in [2.24, 2.45) is 0 Å². The highest BCUT2D eigenvalue weighted by molar-refractivity contribution is 7.91. The van der Waals surface area contributed by atoms with Crippen LogP contribution >= 0.6 is 11.3 Å². The Bertz CT molecular complexity index is 867. The number of nitrogens with zero attached hydrogens (tertiary/aromatic N) is 1. The molecule has 3 rings (SSSR count). The molecule has 0 bridgehead atoms. The van der Waals surface area contributed by atoms with E-state index in [1.807, 2.05) is 30.3 Å². The van der Waals surface area contributed by atoms with E-state index >= 15 is 0 Å². The van der Waals surface area contributed by atoms with Gasteiger partial charge in [-0.05, 0) is 36.6 Å². The van der Waals surface area contributed by atoms with Gasteiger partial charge in [0.25, 0.3) is 10.0 Å². The molecule has 2 aromatic rings. The van der Waals surface area contributed by atoms with Gasteiger partial charge in [-0.1, -0.05) is 36.8 Å². The molecule has 0 radical (unpaired) electrons. The van der Waals surface area contributed by atoms with Crippen molar-refractivity contribution in [2.75, 3.05) is 13.1 Å². The van der Waals surface area contributed by atoms with Gasteiger partial charge in [0.1, 0.15) is 4.21 Å². The summed E-state index contributed by atoms with van der Waals surface area (Å²) in [6.07, 6.45) is 6.15. The molecule has 0 aliphatic carbocycles. The average Bonchev–Trinajstić information content (AvgIpc) is 3.16. The standard InChI is InChI=1S/C19H22N2O3S2/c22-18(11-9-16-7-3-1-4-8-16)20-15-17-10-12-19(25-17)26(23,24)21-13-5-2-6-14-21/h1,3-4,7-12H,2,5-6,13-15H2,(H,20,22). The molecule has 138 valence electrons. The summed E-state index contributed by atoms with van der Waals surface area (Å²) < 4.78 is 27.2. The minimum Gasteiger partial charge on any atom is -0.348 e. The third kappa shape index (κ3) is 4.81. The number of piperidine rings is 1. The van der Waals surface area contributed by atoms with Crippen LogP contribution in [0.2, 0.25) is 0 Å². The smallest absolute Gasteiger partial charge is 0.252 e. The van der Waals surface area contributed by atoms with Crippen molar-refractivity contribution in [1.29, 1.82) is 0 Å². The molecular formula is C19H22N2O3S2. The van der Waals surface area contributed by atoms with Crippen molar-refractivity contribution in [3.05, 3.63) is 59.0 Å². The van der Waals surface area contributed by atoms with Crippen molar-refractivity contribution < 1.29 is 13.2 Å². The highest BCUT2D eigenvalue weighted by atomic mass is 32.2. The Balaban J connectivity index is 1.56. The van der Waals surface area contributed by atoms with Gasteiger partial charge in [0.2, 0.25) is 5.91 Å². The first-order valence-electron chi connectivity index (χ1n) is 8.65. The second kappa shape index (κ2) is 8.62. The first kappa shape index (κ1) is 18.8. The second-order valence-corrected chi connectivity index (χ2v) is 9.48. The van der Waals surface area contributed by atoms with Crippen LogP contribution in [0.1, 0.15) is 29.7 Å². The molecule has 26 heavy (non-hydrogen) atoms. The number of sulfonamides is 1. The van der Waals surface area contributed by atoms with E-state index in [0.717, 1.165) is 29.7 Å². The molecule has 0 atom stereocenters. The van der Waals surface area contributed by atoms with E-state index in [0.29, 0.717) is 23.8 Å².